The number of piperazine rings is 1. The number of rotatable bonds is 0. The first-order valence-corrected chi connectivity index (χ1v) is 29.9. The van der Waals surface area contributed by atoms with Crippen molar-refractivity contribution in [3.05, 3.63) is 0 Å². The maximum atomic E-state index is 5.00. The van der Waals surface area contributed by atoms with Gasteiger partial charge in [0.25, 0.3) is 0 Å². The number of quaternary nitrogens is 2. The summed E-state index contributed by atoms with van der Waals surface area (Å²) < 4.78 is 3.00. The summed E-state index contributed by atoms with van der Waals surface area (Å²) in [5.74, 6) is 0. The second-order valence-electron chi connectivity index (χ2n) is 7.11. The quantitative estimate of drug-likeness (QED) is 0.175. The first-order valence-electron chi connectivity index (χ1n) is 8.44. The third kappa shape index (κ3) is 13.9. The molecule has 0 aromatic carbocycles. The zero-order chi connectivity index (χ0) is 19.9. The van der Waals surface area contributed by atoms with E-state index in [0.29, 0.717) is 0 Å². The Bertz CT molecular complexity index is 343. The Labute approximate surface area is 196 Å². The van der Waals surface area contributed by atoms with Crippen LogP contribution in [0.4, 0.5) is 0 Å². The second-order valence-corrected chi connectivity index (χ2v) is 44.7. The van der Waals surface area contributed by atoms with E-state index in [1.165, 1.54) is 99.8 Å². The number of halogens is 8. The number of hydrogen-bond donors (Lipinski definition) is 0. The molecule has 0 saturated carbocycles. The van der Waals surface area contributed by atoms with Gasteiger partial charge in [0.2, 0.25) is 0 Å². The van der Waals surface area contributed by atoms with Gasteiger partial charge in [0, 0.05) is 0 Å². The van der Waals surface area contributed by atoms with Crippen LogP contribution >= 0.6 is 73.5 Å². The normalized spacial score (nSPS) is 26.2. The molecule has 2 nitrogen and oxygen atoms in total. The molecule has 0 radical (unpaired) electrons. The molecule has 26 heavy (non-hydrogen) atoms. The summed E-state index contributed by atoms with van der Waals surface area (Å²) in [4.78, 5) is 0. The molecule has 0 atom stereocenters. The van der Waals surface area contributed by atoms with Crippen molar-refractivity contribution in [2.24, 2.45) is 0 Å². The SMILES string of the molecule is C1CC[N+]2(CC1)CC[N+]1(CCCCC1)CC2.[Cl][Au-]([Cl])([Cl])[Cl].[Cl][Au-]([Cl])([Cl])[Cl]. The van der Waals surface area contributed by atoms with Crippen LogP contribution in [-0.4, -0.2) is 61.3 Å². The van der Waals surface area contributed by atoms with E-state index in [-0.39, 0.29) is 0 Å². The van der Waals surface area contributed by atoms with Gasteiger partial charge in [-0.25, -0.2) is 0 Å². The summed E-state index contributed by atoms with van der Waals surface area (Å²) in [6, 6.07) is 0. The molecule has 3 heterocycles. The minimum atomic E-state index is -3.00. The molecule has 0 unspecified atom stereocenters. The van der Waals surface area contributed by atoms with Crippen molar-refractivity contribution in [3.63, 3.8) is 0 Å². The molecule has 3 fully saturated rings. The van der Waals surface area contributed by atoms with Crippen LogP contribution in [0.2, 0.25) is 0 Å². The maximum absolute atomic E-state index is 5.00. The summed E-state index contributed by atoms with van der Waals surface area (Å²) in [5.41, 5.74) is 0. The van der Waals surface area contributed by atoms with E-state index < -0.39 is 25.6 Å². The van der Waals surface area contributed by atoms with Crippen molar-refractivity contribution in [2.75, 3.05) is 52.4 Å². The van der Waals surface area contributed by atoms with Crippen LogP contribution in [0.1, 0.15) is 38.5 Å². The van der Waals surface area contributed by atoms with Crippen molar-refractivity contribution in [2.45, 2.75) is 38.5 Å². The standard InChI is InChI=1S/C14H28N2.2Au.8ClH/c1-3-7-15(8-4-1)11-13-16(14-12-15)9-5-2-6-10-16;;;;;;;;;;/h1-14H2;;;8*1H/q+2;2*+3;;;;;;;;/p-8. The molecule has 2 spiro atoms. The number of hydrogen-bond acceptors (Lipinski definition) is 0. The Morgan fingerprint density at radius 2 is 0.538 bits per heavy atom. The van der Waals surface area contributed by atoms with Gasteiger partial charge in [-0.3, -0.25) is 0 Å². The van der Waals surface area contributed by atoms with E-state index >= 15 is 0 Å². The topological polar surface area (TPSA) is 0 Å². The van der Waals surface area contributed by atoms with Crippen LogP contribution in [0, 0.1) is 0 Å². The predicted octanol–water partition coefficient (Wildman–Crippen LogP) is 7.51. The second kappa shape index (κ2) is 12.7. The summed E-state index contributed by atoms with van der Waals surface area (Å²) in [6.07, 6.45) is 9.00. The van der Waals surface area contributed by atoms with Crippen LogP contribution in [0.25, 0.3) is 0 Å². The molecule has 12 heteroatoms. The van der Waals surface area contributed by atoms with Gasteiger partial charge in [0.1, 0.15) is 26.2 Å². The molecule has 172 valence electrons. The molecule has 3 aliphatic rings. The van der Waals surface area contributed by atoms with Crippen LogP contribution in [0.5, 0.6) is 0 Å². The van der Waals surface area contributed by atoms with Gasteiger partial charge in [-0.2, -0.15) is 0 Å². The minimum absolute atomic E-state index is 1.50. The first-order chi connectivity index (χ1) is 11.8. The van der Waals surface area contributed by atoms with Gasteiger partial charge in [-0.05, 0) is 38.5 Å². The van der Waals surface area contributed by atoms with Gasteiger partial charge in [-0.1, -0.05) is 0 Å². The zero-order valence-electron chi connectivity index (χ0n) is 14.4. The molecule has 0 N–H and O–H groups in total. The van der Waals surface area contributed by atoms with Crippen LogP contribution in [-0.2, 0) is 25.6 Å². The van der Waals surface area contributed by atoms with Gasteiger partial charge < -0.3 is 8.97 Å². The van der Waals surface area contributed by atoms with E-state index in [4.69, 9.17) is 73.5 Å². The third-order valence-electron chi connectivity index (χ3n) is 5.63. The predicted molar refractivity (Wildman–Crippen MR) is 114 cm³/mol. The Morgan fingerprint density at radius 1 is 0.346 bits per heavy atom. The Balaban J connectivity index is 0.000000284. The van der Waals surface area contributed by atoms with E-state index in [2.05, 4.69) is 0 Å². The van der Waals surface area contributed by atoms with Gasteiger partial charge in [0.15, 0.2) is 0 Å². The first kappa shape index (κ1) is 27.8. The fraction of sp³-hybridized carbons (Fsp3) is 1.00. The van der Waals surface area contributed by atoms with E-state index in [0.717, 1.165) is 0 Å². The summed E-state index contributed by atoms with van der Waals surface area (Å²) in [7, 11) is 40.0. The number of nitrogens with zero attached hydrogens (tertiary/aromatic N) is 2. The van der Waals surface area contributed by atoms with E-state index in [1.54, 1.807) is 0 Å². The summed E-state index contributed by atoms with van der Waals surface area (Å²) in [6.45, 7) is 12.0. The number of piperidine rings is 2. The van der Waals surface area contributed by atoms with Gasteiger partial charge in [0.05, 0.1) is 26.2 Å². The molecule has 0 amide bonds. The molecule has 3 saturated heterocycles. The molecule has 0 aliphatic carbocycles. The van der Waals surface area contributed by atoms with Crippen molar-refractivity contribution in [1.82, 2.24) is 0 Å². The average Bonchev–Trinajstić information content (AvgIpc) is 2.50. The molecule has 0 bridgehead atoms. The third-order valence-corrected chi connectivity index (χ3v) is 5.63. The molecular weight excluding hydrogens is 874 g/mol. The van der Waals surface area contributed by atoms with E-state index in [9.17, 15) is 0 Å². The van der Waals surface area contributed by atoms with Gasteiger partial charge in [-0.15, -0.1) is 0 Å². The van der Waals surface area contributed by atoms with Crippen molar-refractivity contribution in [1.29, 1.82) is 0 Å². The Kier molecular flexibility index (Phi) is 13.5. The Morgan fingerprint density at radius 3 is 0.731 bits per heavy atom. The van der Waals surface area contributed by atoms with Crippen molar-refractivity contribution >= 4 is 73.5 Å². The molecule has 3 rings (SSSR count). The summed E-state index contributed by atoms with van der Waals surface area (Å²) in [5, 5.41) is 0. The van der Waals surface area contributed by atoms with Crippen LogP contribution in [0.3, 0.4) is 0 Å². The monoisotopic (exact) mass is 898 g/mol. The summed E-state index contributed by atoms with van der Waals surface area (Å²) >= 11 is -6.00. The average molecular weight is 902 g/mol. The zero-order valence-corrected chi connectivity index (χ0v) is 24.8. The fourth-order valence-electron chi connectivity index (χ4n) is 4.33. The fourth-order valence-corrected chi connectivity index (χ4v) is 4.33. The van der Waals surface area contributed by atoms with Crippen molar-refractivity contribution < 1.29 is 34.6 Å². The Hall–Kier alpha value is 3.72. The van der Waals surface area contributed by atoms with Crippen LogP contribution < -0.4 is 0 Å². The van der Waals surface area contributed by atoms with E-state index in [1.807, 2.05) is 0 Å². The van der Waals surface area contributed by atoms with Gasteiger partial charge >= 0.3 is 99.1 Å². The molecule has 0 aromatic heterocycles. The molecule has 3 aliphatic heterocycles. The molecular formula is C14H28Au2Cl8N2. The van der Waals surface area contributed by atoms with Crippen LogP contribution in [0.15, 0.2) is 0 Å². The molecule has 0 aromatic rings. The van der Waals surface area contributed by atoms with Crippen molar-refractivity contribution in [3.8, 4) is 0 Å².